The van der Waals surface area contributed by atoms with Crippen molar-refractivity contribution in [1.82, 2.24) is 0 Å². The van der Waals surface area contributed by atoms with E-state index >= 15 is 0 Å². The molecule has 70 valence electrons. The van der Waals surface area contributed by atoms with Crippen molar-refractivity contribution in [2.45, 2.75) is 19.1 Å². The van der Waals surface area contributed by atoms with E-state index in [1.807, 2.05) is 44.2 Å². The average molecular weight is 194 g/mol. The van der Waals surface area contributed by atoms with Gasteiger partial charge in [-0.25, -0.2) is 0 Å². The van der Waals surface area contributed by atoms with E-state index < -0.39 is 10.8 Å². The zero-order chi connectivity index (χ0) is 9.84. The van der Waals surface area contributed by atoms with Crippen LogP contribution in [0.3, 0.4) is 0 Å². The van der Waals surface area contributed by atoms with Crippen molar-refractivity contribution < 1.29 is 4.21 Å². The van der Waals surface area contributed by atoms with Gasteiger partial charge in [-0.05, 0) is 5.56 Å². The minimum absolute atomic E-state index is 0.132. The summed E-state index contributed by atoms with van der Waals surface area (Å²) in [6.45, 7) is 7.72. The molecule has 1 nitrogen and oxygen atoms in total. The maximum Gasteiger partial charge on any atom is 0.0555 e. The molecule has 0 amide bonds. The number of hydrogen-bond donors (Lipinski definition) is 0. The minimum Gasteiger partial charge on any atom is -0.254 e. The van der Waals surface area contributed by atoms with Gasteiger partial charge in [-0.3, -0.25) is 4.21 Å². The molecule has 0 spiro atoms. The molecule has 0 bridgehead atoms. The monoisotopic (exact) mass is 194 g/mol. The van der Waals surface area contributed by atoms with Crippen molar-refractivity contribution in [3.8, 4) is 0 Å². The van der Waals surface area contributed by atoms with E-state index in [9.17, 15) is 4.21 Å². The van der Waals surface area contributed by atoms with Crippen LogP contribution in [0.5, 0.6) is 0 Å². The zero-order valence-corrected chi connectivity index (χ0v) is 8.80. The highest BCUT2D eigenvalue weighted by Gasteiger charge is 2.10. The molecular weight excluding hydrogens is 180 g/mol. The van der Waals surface area contributed by atoms with Crippen molar-refractivity contribution in [3.63, 3.8) is 0 Å². The summed E-state index contributed by atoms with van der Waals surface area (Å²) >= 11 is 0. The maximum absolute atomic E-state index is 11.7. The van der Waals surface area contributed by atoms with Crippen molar-refractivity contribution in [1.29, 1.82) is 0 Å². The average Bonchev–Trinajstić information content (AvgIpc) is 2.17. The molecule has 0 aromatic heterocycles. The molecule has 0 aliphatic carbocycles. The summed E-state index contributed by atoms with van der Waals surface area (Å²) in [4.78, 5) is 0.718. The predicted octanol–water partition coefficient (Wildman–Crippen LogP) is 2.81. The largest absolute Gasteiger partial charge is 0.254 e. The highest BCUT2D eigenvalue weighted by atomic mass is 32.2. The molecule has 0 unspecified atom stereocenters. The Morgan fingerprint density at radius 2 is 1.85 bits per heavy atom. The van der Waals surface area contributed by atoms with Crippen molar-refractivity contribution >= 4 is 15.7 Å². The van der Waals surface area contributed by atoms with E-state index in [-0.39, 0.29) is 5.25 Å². The van der Waals surface area contributed by atoms with Crippen LogP contribution in [0, 0.1) is 0 Å². The van der Waals surface area contributed by atoms with E-state index in [0.29, 0.717) is 0 Å². The zero-order valence-electron chi connectivity index (χ0n) is 7.99. The molecule has 0 heterocycles. The van der Waals surface area contributed by atoms with Crippen LogP contribution in [0.25, 0.3) is 4.91 Å². The van der Waals surface area contributed by atoms with E-state index in [2.05, 4.69) is 6.58 Å². The SMILES string of the molecule is C=C(c1ccccc1)[S@@](=O)C(C)C. The van der Waals surface area contributed by atoms with Gasteiger partial charge in [-0.15, -0.1) is 0 Å². The van der Waals surface area contributed by atoms with Crippen LogP contribution in [-0.4, -0.2) is 9.46 Å². The summed E-state index contributed by atoms with van der Waals surface area (Å²) in [5.74, 6) is 0. The molecule has 0 saturated heterocycles. The summed E-state index contributed by atoms with van der Waals surface area (Å²) in [6.07, 6.45) is 0. The molecule has 1 atom stereocenters. The molecule has 0 radical (unpaired) electrons. The summed E-state index contributed by atoms with van der Waals surface area (Å²) in [7, 11) is -0.962. The highest BCUT2D eigenvalue weighted by molar-refractivity contribution is 7.95. The van der Waals surface area contributed by atoms with Crippen LogP contribution in [-0.2, 0) is 10.8 Å². The lowest BCUT2D eigenvalue weighted by Gasteiger charge is -2.08. The molecule has 1 aromatic carbocycles. The van der Waals surface area contributed by atoms with Crippen LogP contribution in [0.4, 0.5) is 0 Å². The van der Waals surface area contributed by atoms with E-state index in [1.165, 1.54) is 0 Å². The van der Waals surface area contributed by atoms with Gasteiger partial charge >= 0.3 is 0 Å². The third-order valence-corrected chi connectivity index (χ3v) is 3.34. The van der Waals surface area contributed by atoms with Gasteiger partial charge in [0.1, 0.15) is 0 Å². The third kappa shape index (κ3) is 2.52. The first kappa shape index (κ1) is 10.2. The van der Waals surface area contributed by atoms with Crippen LogP contribution in [0.2, 0.25) is 0 Å². The van der Waals surface area contributed by atoms with Crippen LogP contribution in [0.15, 0.2) is 36.9 Å². The molecular formula is C11H14OS. The Morgan fingerprint density at radius 1 is 1.31 bits per heavy atom. The van der Waals surface area contributed by atoms with Crippen molar-refractivity contribution in [2.24, 2.45) is 0 Å². The second kappa shape index (κ2) is 4.38. The second-order valence-corrected chi connectivity index (χ2v) is 5.17. The fourth-order valence-electron chi connectivity index (χ4n) is 1.02. The Labute approximate surface area is 81.9 Å². The first-order chi connectivity index (χ1) is 6.13. The highest BCUT2D eigenvalue weighted by Crippen LogP contribution is 2.18. The molecule has 0 saturated carbocycles. The molecule has 0 fully saturated rings. The minimum atomic E-state index is -0.962. The maximum atomic E-state index is 11.7. The van der Waals surface area contributed by atoms with Gasteiger partial charge in [0.25, 0.3) is 0 Å². The smallest absolute Gasteiger partial charge is 0.0555 e. The molecule has 0 N–H and O–H groups in total. The summed E-state index contributed by atoms with van der Waals surface area (Å²) in [6, 6.07) is 9.66. The van der Waals surface area contributed by atoms with Gasteiger partial charge in [0.05, 0.1) is 10.8 Å². The number of benzene rings is 1. The summed E-state index contributed by atoms with van der Waals surface area (Å²) in [5, 5.41) is 0.132. The Bertz CT molecular complexity index is 314. The first-order valence-corrected chi connectivity index (χ1v) is 5.49. The summed E-state index contributed by atoms with van der Waals surface area (Å²) < 4.78 is 11.7. The van der Waals surface area contributed by atoms with E-state index in [1.54, 1.807) is 0 Å². The second-order valence-electron chi connectivity index (χ2n) is 3.14. The Balaban J connectivity index is 2.87. The number of rotatable bonds is 3. The Morgan fingerprint density at radius 3 is 2.31 bits per heavy atom. The van der Waals surface area contributed by atoms with Crippen LogP contribution >= 0.6 is 0 Å². The standard InChI is InChI=1S/C11H14OS/c1-9(2)13(12)10(3)11-7-5-4-6-8-11/h4-9H,3H2,1-2H3/t13-/m0/s1. The lowest BCUT2D eigenvalue weighted by molar-refractivity contribution is 0.683. The quantitative estimate of drug-likeness (QED) is 0.723. The van der Waals surface area contributed by atoms with Gasteiger partial charge in [-0.2, -0.15) is 0 Å². The summed E-state index contributed by atoms with van der Waals surface area (Å²) in [5.41, 5.74) is 0.967. The van der Waals surface area contributed by atoms with Crippen LogP contribution < -0.4 is 0 Å². The predicted molar refractivity (Wildman–Crippen MR) is 58.8 cm³/mol. The van der Waals surface area contributed by atoms with Crippen molar-refractivity contribution in [3.05, 3.63) is 42.5 Å². The van der Waals surface area contributed by atoms with E-state index in [0.717, 1.165) is 10.5 Å². The third-order valence-electron chi connectivity index (χ3n) is 1.77. The van der Waals surface area contributed by atoms with Gasteiger partial charge < -0.3 is 0 Å². The van der Waals surface area contributed by atoms with Gasteiger partial charge in [0, 0.05) is 10.2 Å². The fraction of sp³-hybridized carbons (Fsp3) is 0.273. The first-order valence-electron chi connectivity index (χ1n) is 4.28. The molecule has 0 aliphatic heterocycles. The van der Waals surface area contributed by atoms with Crippen LogP contribution in [0.1, 0.15) is 19.4 Å². The molecule has 1 rings (SSSR count). The van der Waals surface area contributed by atoms with E-state index in [4.69, 9.17) is 0 Å². The normalized spacial score (nSPS) is 12.8. The van der Waals surface area contributed by atoms with Gasteiger partial charge in [-0.1, -0.05) is 50.8 Å². The molecule has 13 heavy (non-hydrogen) atoms. The van der Waals surface area contributed by atoms with Gasteiger partial charge in [0.15, 0.2) is 0 Å². The lowest BCUT2D eigenvalue weighted by atomic mass is 10.2. The fourth-order valence-corrected chi connectivity index (χ4v) is 1.96. The van der Waals surface area contributed by atoms with Gasteiger partial charge in [0.2, 0.25) is 0 Å². The molecule has 2 heteroatoms. The molecule has 0 aliphatic rings. The topological polar surface area (TPSA) is 17.1 Å². The molecule has 1 aromatic rings. The Kier molecular flexibility index (Phi) is 3.43. The number of hydrogen-bond acceptors (Lipinski definition) is 1. The van der Waals surface area contributed by atoms with Crippen molar-refractivity contribution in [2.75, 3.05) is 0 Å². The lowest BCUT2D eigenvalue weighted by Crippen LogP contribution is -2.06. The Hall–Kier alpha value is -0.890.